The average Bonchev–Trinajstić information content (AvgIpc) is 3.18. The highest BCUT2D eigenvalue weighted by Crippen LogP contribution is 2.19. The summed E-state index contributed by atoms with van der Waals surface area (Å²) in [6, 6.07) is 10.8. The molecule has 23 heavy (non-hydrogen) atoms. The SMILES string of the molecule is O=[N+]([O-])/C(=C\c1ccco1)C1=NCCN1Cc1ccc(Cl)cc1. The molecule has 0 saturated heterocycles. The topological polar surface area (TPSA) is 71.9 Å². The van der Waals surface area contributed by atoms with E-state index in [2.05, 4.69) is 4.99 Å². The number of amidine groups is 1. The zero-order valence-corrected chi connectivity index (χ0v) is 12.9. The monoisotopic (exact) mass is 331 g/mol. The molecule has 1 aliphatic heterocycles. The van der Waals surface area contributed by atoms with Crippen LogP contribution in [0.5, 0.6) is 0 Å². The molecule has 2 aromatic rings. The Kier molecular flexibility index (Phi) is 4.43. The Hall–Kier alpha value is -2.60. The number of halogens is 1. The Morgan fingerprint density at radius 2 is 2.17 bits per heavy atom. The number of hydrogen-bond acceptors (Lipinski definition) is 5. The molecule has 0 spiro atoms. The van der Waals surface area contributed by atoms with Gasteiger partial charge >= 0.3 is 5.70 Å². The van der Waals surface area contributed by atoms with Gasteiger partial charge in [-0.15, -0.1) is 0 Å². The van der Waals surface area contributed by atoms with Gasteiger partial charge in [0, 0.05) is 18.1 Å². The van der Waals surface area contributed by atoms with Crippen LogP contribution in [0.2, 0.25) is 5.02 Å². The average molecular weight is 332 g/mol. The first-order valence-corrected chi connectivity index (χ1v) is 7.45. The molecule has 1 aromatic heterocycles. The predicted octanol–water partition coefficient (Wildman–Crippen LogP) is 3.46. The number of benzene rings is 1. The van der Waals surface area contributed by atoms with Gasteiger partial charge in [-0.05, 0) is 29.8 Å². The van der Waals surface area contributed by atoms with Gasteiger partial charge in [0.25, 0.3) is 0 Å². The van der Waals surface area contributed by atoms with Crippen molar-refractivity contribution in [3.05, 3.63) is 74.8 Å². The highest BCUT2D eigenvalue weighted by Gasteiger charge is 2.29. The molecule has 6 nitrogen and oxygen atoms in total. The lowest BCUT2D eigenvalue weighted by Crippen LogP contribution is -2.30. The van der Waals surface area contributed by atoms with Gasteiger partial charge in [0.2, 0.25) is 5.84 Å². The van der Waals surface area contributed by atoms with Crippen molar-refractivity contribution in [2.24, 2.45) is 4.99 Å². The molecule has 0 amide bonds. The quantitative estimate of drug-likeness (QED) is 0.621. The van der Waals surface area contributed by atoms with E-state index in [9.17, 15) is 10.1 Å². The van der Waals surface area contributed by atoms with Crippen molar-refractivity contribution >= 4 is 23.5 Å². The Balaban J connectivity index is 1.84. The van der Waals surface area contributed by atoms with E-state index in [-0.39, 0.29) is 5.70 Å². The van der Waals surface area contributed by atoms with E-state index in [0.717, 1.165) is 5.56 Å². The first-order chi connectivity index (χ1) is 11.1. The summed E-state index contributed by atoms with van der Waals surface area (Å²) < 4.78 is 5.17. The summed E-state index contributed by atoms with van der Waals surface area (Å²) >= 11 is 5.88. The maximum absolute atomic E-state index is 11.4. The largest absolute Gasteiger partial charge is 0.465 e. The number of furan rings is 1. The Morgan fingerprint density at radius 1 is 1.39 bits per heavy atom. The summed E-state index contributed by atoms with van der Waals surface area (Å²) in [4.78, 5) is 17.2. The maximum atomic E-state index is 11.4. The van der Waals surface area contributed by atoms with Crippen molar-refractivity contribution in [3.63, 3.8) is 0 Å². The van der Waals surface area contributed by atoms with Crippen LogP contribution in [0.4, 0.5) is 0 Å². The van der Waals surface area contributed by atoms with Crippen LogP contribution in [0.15, 0.2) is 57.8 Å². The summed E-state index contributed by atoms with van der Waals surface area (Å²) in [5.74, 6) is 0.805. The van der Waals surface area contributed by atoms with Gasteiger partial charge in [-0.25, -0.2) is 0 Å². The zero-order valence-electron chi connectivity index (χ0n) is 12.2. The third-order valence-corrected chi connectivity index (χ3v) is 3.72. The van der Waals surface area contributed by atoms with Crippen LogP contribution in [0.3, 0.4) is 0 Å². The van der Waals surface area contributed by atoms with Crippen LogP contribution in [-0.4, -0.2) is 28.7 Å². The normalized spacial score (nSPS) is 14.9. The molecule has 2 heterocycles. The number of nitrogens with zero attached hydrogens (tertiary/aromatic N) is 3. The maximum Gasteiger partial charge on any atom is 0.314 e. The fourth-order valence-electron chi connectivity index (χ4n) is 2.40. The lowest BCUT2D eigenvalue weighted by molar-refractivity contribution is -0.414. The molecule has 0 radical (unpaired) electrons. The van der Waals surface area contributed by atoms with Crippen molar-refractivity contribution in [2.45, 2.75) is 6.54 Å². The molecular formula is C16H14ClN3O3. The Bertz CT molecular complexity index is 751. The molecule has 0 saturated carbocycles. The molecular weight excluding hydrogens is 318 g/mol. The summed E-state index contributed by atoms with van der Waals surface area (Å²) in [5.41, 5.74) is 0.955. The smallest absolute Gasteiger partial charge is 0.314 e. The molecule has 1 aromatic carbocycles. The van der Waals surface area contributed by atoms with Gasteiger partial charge in [0.15, 0.2) is 0 Å². The van der Waals surface area contributed by atoms with E-state index in [0.29, 0.717) is 36.3 Å². The predicted molar refractivity (Wildman–Crippen MR) is 87.8 cm³/mol. The Labute approximate surface area is 137 Å². The molecule has 0 bridgehead atoms. The third kappa shape index (κ3) is 3.60. The summed E-state index contributed by atoms with van der Waals surface area (Å²) in [5, 5.41) is 12.1. The molecule has 3 rings (SSSR count). The van der Waals surface area contributed by atoms with Crippen molar-refractivity contribution in [3.8, 4) is 0 Å². The molecule has 0 atom stereocenters. The fraction of sp³-hybridized carbons (Fsp3) is 0.188. The van der Waals surface area contributed by atoms with E-state index in [1.54, 1.807) is 24.3 Å². The summed E-state index contributed by atoms with van der Waals surface area (Å²) in [6.07, 6.45) is 2.88. The van der Waals surface area contributed by atoms with Crippen molar-refractivity contribution < 1.29 is 9.34 Å². The second-order valence-electron chi connectivity index (χ2n) is 5.06. The molecule has 1 aliphatic rings. The highest BCUT2D eigenvalue weighted by molar-refractivity contribution is 6.30. The third-order valence-electron chi connectivity index (χ3n) is 3.47. The lowest BCUT2D eigenvalue weighted by atomic mass is 10.2. The Morgan fingerprint density at radius 3 is 2.83 bits per heavy atom. The molecule has 0 aliphatic carbocycles. The van der Waals surface area contributed by atoms with Gasteiger partial charge < -0.3 is 9.32 Å². The van der Waals surface area contributed by atoms with Crippen LogP contribution in [0, 0.1) is 10.1 Å². The molecule has 118 valence electrons. The molecule has 7 heteroatoms. The van der Waals surface area contributed by atoms with E-state index < -0.39 is 4.92 Å². The van der Waals surface area contributed by atoms with Gasteiger partial charge in [-0.1, -0.05) is 23.7 Å². The first kappa shape index (κ1) is 15.3. The van der Waals surface area contributed by atoms with Crippen LogP contribution >= 0.6 is 11.6 Å². The summed E-state index contributed by atoms with van der Waals surface area (Å²) in [7, 11) is 0. The van der Waals surface area contributed by atoms with Crippen LogP contribution < -0.4 is 0 Å². The second kappa shape index (κ2) is 6.66. The minimum atomic E-state index is -0.429. The van der Waals surface area contributed by atoms with Gasteiger partial charge in [0.05, 0.1) is 23.8 Å². The molecule has 0 unspecified atom stereocenters. The molecule has 0 N–H and O–H groups in total. The minimum Gasteiger partial charge on any atom is -0.465 e. The summed E-state index contributed by atoms with van der Waals surface area (Å²) in [6.45, 7) is 1.72. The van der Waals surface area contributed by atoms with E-state index >= 15 is 0 Å². The second-order valence-corrected chi connectivity index (χ2v) is 5.49. The first-order valence-electron chi connectivity index (χ1n) is 7.07. The fourth-order valence-corrected chi connectivity index (χ4v) is 2.52. The number of nitro groups is 1. The van der Waals surface area contributed by atoms with Crippen LogP contribution in [-0.2, 0) is 6.54 Å². The van der Waals surface area contributed by atoms with Crippen LogP contribution in [0.25, 0.3) is 6.08 Å². The van der Waals surface area contributed by atoms with Crippen LogP contribution in [0.1, 0.15) is 11.3 Å². The number of hydrogen-bond donors (Lipinski definition) is 0. The van der Waals surface area contributed by atoms with Gasteiger partial charge in [-0.3, -0.25) is 15.1 Å². The van der Waals surface area contributed by atoms with E-state index in [4.69, 9.17) is 16.0 Å². The van der Waals surface area contributed by atoms with E-state index in [1.807, 2.05) is 17.0 Å². The zero-order chi connectivity index (χ0) is 16.2. The van der Waals surface area contributed by atoms with E-state index in [1.165, 1.54) is 12.3 Å². The van der Waals surface area contributed by atoms with Crippen molar-refractivity contribution in [1.29, 1.82) is 0 Å². The van der Waals surface area contributed by atoms with Gasteiger partial charge in [0.1, 0.15) is 5.76 Å². The van der Waals surface area contributed by atoms with Gasteiger partial charge in [-0.2, -0.15) is 0 Å². The highest BCUT2D eigenvalue weighted by atomic mass is 35.5. The number of aliphatic imine (C=N–C) groups is 1. The standard InChI is InChI=1S/C16H14ClN3O3/c17-13-5-3-12(4-6-13)11-19-8-7-18-16(19)15(20(21)22)10-14-2-1-9-23-14/h1-6,9-10H,7-8,11H2/b15-10-. The number of rotatable bonds is 5. The lowest BCUT2D eigenvalue weighted by Gasteiger charge is -2.18. The van der Waals surface area contributed by atoms with Crippen molar-refractivity contribution in [2.75, 3.05) is 13.1 Å². The van der Waals surface area contributed by atoms with Crippen molar-refractivity contribution in [1.82, 2.24) is 4.90 Å². The molecule has 0 fully saturated rings. The minimum absolute atomic E-state index is 0.0635.